The van der Waals surface area contributed by atoms with Gasteiger partial charge in [-0.2, -0.15) is 4.98 Å². The van der Waals surface area contributed by atoms with Gasteiger partial charge in [-0.3, -0.25) is 9.55 Å². The maximum atomic E-state index is 5.48. The van der Waals surface area contributed by atoms with Gasteiger partial charge in [0.1, 0.15) is 5.76 Å². The van der Waals surface area contributed by atoms with E-state index in [1.54, 1.807) is 25.6 Å². The first-order valence-corrected chi connectivity index (χ1v) is 8.56. The lowest BCUT2D eigenvalue weighted by molar-refractivity contribution is 0.387. The lowest BCUT2D eigenvalue weighted by atomic mass is 10.2. The highest BCUT2D eigenvalue weighted by Gasteiger charge is 2.17. The van der Waals surface area contributed by atoms with Crippen molar-refractivity contribution in [2.45, 2.75) is 24.4 Å². The third-order valence-corrected chi connectivity index (χ3v) is 4.38. The molecule has 0 fully saturated rings. The van der Waals surface area contributed by atoms with E-state index < -0.39 is 0 Å². The molecule has 0 radical (unpaired) electrons. The summed E-state index contributed by atoms with van der Waals surface area (Å²) < 4.78 is 12.6. The van der Waals surface area contributed by atoms with Crippen molar-refractivity contribution in [1.29, 1.82) is 0 Å². The van der Waals surface area contributed by atoms with Gasteiger partial charge in [-0.15, -0.1) is 10.2 Å². The Morgan fingerprint density at radius 3 is 2.88 bits per heavy atom. The summed E-state index contributed by atoms with van der Waals surface area (Å²) in [6.45, 7) is 2.31. The largest absolute Gasteiger partial charge is 0.467 e. The zero-order chi connectivity index (χ0) is 17.1. The van der Waals surface area contributed by atoms with Crippen LogP contribution < -0.4 is 0 Å². The summed E-state index contributed by atoms with van der Waals surface area (Å²) in [6.07, 6.45) is 5.14. The number of rotatable bonds is 6. The second kappa shape index (κ2) is 6.89. The lowest BCUT2D eigenvalue weighted by Crippen LogP contribution is -2.03. The summed E-state index contributed by atoms with van der Waals surface area (Å²) in [5.74, 6) is 3.24. The average Bonchev–Trinajstić information content (AvgIpc) is 3.36. The number of aromatic nitrogens is 6. The van der Waals surface area contributed by atoms with Crippen molar-refractivity contribution in [3.63, 3.8) is 0 Å². The number of nitrogens with zero attached hydrogens (tertiary/aromatic N) is 6. The van der Waals surface area contributed by atoms with E-state index in [0.29, 0.717) is 24.0 Å². The van der Waals surface area contributed by atoms with Crippen LogP contribution in [0.1, 0.15) is 17.5 Å². The monoisotopic (exact) mass is 354 g/mol. The molecule has 0 N–H and O–H groups in total. The predicted molar refractivity (Wildman–Crippen MR) is 89.7 cm³/mol. The maximum Gasteiger partial charge on any atom is 0.237 e. The van der Waals surface area contributed by atoms with Gasteiger partial charge in [0, 0.05) is 18.0 Å². The van der Waals surface area contributed by atoms with Crippen LogP contribution in [-0.4, -0.2) is 29.9 Å². The van der Waals surface area contributed by atoms with Crippen molar-refractivity contribution in [1.82, 2.24) is 29.9 Å². The molecule has 9 heteroatoms. The van der Waals surface area contributed by atoms with Crippen LogP contribution in [0, 0.1) is 6.92 Å². The smallest absolute Gasteiger partial charge is 0.237 e. The average molecular weight is 354 g/mol. The maximum absolute atomic E-state index is 5.48. The Balaban J connectivity index is 1.64. The number of thioether (sulfide) groups is 1. The van der Waals surface area contributed by atoms with E-state index in [2.05, 4.69) is 25.3 Å². The SMILES string of the molecule is Cc1noc(CSc2nnc(-c3cccnc3)n2Cc2ccco2)n1. The molecule has 0 saturated heterocycles. The normalized spacial score (nSPS) is 11.1. The fourth-order valence-electron chi connectivity index (χ4n) is 2.33. The minimum absolute atomic E-state index is 0.518. The van der Waals surface area contributed by atoms with Crippen LogP contribution in [0.4, 0.5) is 0 Å². The van der Waals surface area contributed by atoms with Gasteiger partial charge in [0.05, 0.1) is 18.6 Å². The molecular weight excluding hydrogens is 340 g/mol. The minimum Gasteiger partial charge on any atom is -0.467 e. The molecule has 0 unspecified atom stereocenters. The van der Waals surface area contributed by atoms with Gasteiger partial charge >= 0.3 is 0 Å². The van der Waals surface area contributed by atoms with E-state index in [4.69, 9.17) is 8.94 Å². The topological polar surface area (TPSA) is 95.7 Å². The summed E-state index contributed by atoms with van der Waals surface area (Å²) >= 11 is 1.48. The van der Waals surface area contributed by atoms with Crippen molar-refractivity contribution in [3.8, 4) is 11.4 Å². The summed E-state index contributed by atoms with van der Waals surface area (Å²) in [5.41, 5.74) is 0.891. The van der Waals surface area contributed by atoms with Gasteiger partial charge in [0.25, 0.3) is 0 Å². The minimum atomic E-state index is 0.518. The van der Waals surface area contributed by atoms with Crippen LogP contribution >= 0.6 is 11.8 Å². The molecular formula is C16H14N6O2S. The first kappa shape index (κ1) is 15.6. The van der Waals surface area contributed by atoms with E-state index in [0.717, 1.165) is 22.3 Å². The molecule has 0 aliphatic carbocycles. The van der Waals surface area contributed by atoms with Crippen LogP contribution in [0.2, 0.25) is 0 Å². The molecule has 0 amide bonds. The van der Waals surface area contributed by atoms with Crippen molar-refractivity contribution in [2.75, 3.05) is 0 Å². The third kappa shape index (κ3) is 3.45. The summed E-state index contributed by atoms with van der Waals surface area (Å²) in [4.78, 5) is 8.37. The molecule has 4 aromatic heterocycles. The summed E-state index contributed by atoms with van der Waals surface area (Å²) in [7, 11) is 0. The molecule has 4 aromatic rings. The van der Waals surface area contributed by atoms with E-state index in [1.807, 2.05) is 28.8 Å². The standard InChI is InChI=1S/C16H14N6O2S/c1-11-18-14(24-21-11)10-25-16-20-19-15(12-4-2-6-17-8-12)22(16)9-13-5-3-7-23-13/h2-8H,9-10H2,1H3. The molecule has 0 atom stereocenters. The Morgan fingerprint density at radius 1 is 1.20 bits per heavy atom. The highest BCUT2D eigenvalue weighted by atomic mass is 32.2. The molecule has 0 bridgehead atoms. The fraction of sp³-hybridized carbons (Fsp3) is 0.188. The van der Waals surface area contributed by atoms with Crippen LogP contribution in [0.15, 0.2) is 57.0 Å². The Morgan fingerprint density at radius 2 is 2.16 bits per heavy atom. The van der Waals surface area contributed by atoms with Crippen molar-refractivity contribution in [3.05, 3.63) is 60.4 Å². The lowest BCUT2D eigenvalue weighted by Gasteiger charge is -2.08. The molecule has 126 valence electrons. The van der Waals surface area contributed by atoms with Crippen LogP contribution in [-0.2, 0) is 12.3 Å². The Bertz CT molecular complexity index is 948. The molecule has 0 saturated carbocycles. The number of hydrogen-bond acceptors (Lipinski definition) is 8. The van der Waals surface area contributed by atoms with Crippen molar-refractivity contribution in [2.24, 2.45) is 0 Å². The summed E-state index contributed by atoms with van der Waals surface area (Å²) in [5, 5.41) is 13.2. The molecule has 25 heavy (non-hydrogen) atoms. The number of furan rings is 1. The van der Waals surface area contributed by atoms with E-state index in [-0.39, 0.29) is 0 Å². The number of hydrogen-bond donors (Lipinski definition) is 0. The quantitative estimate of drug-likeness (QED) is 0.488. The highest BCUT2D eigenvalue weighted by Crippen LogP contribution is 2.26. The van der Waals surface area contributed by atoms with E-state index in [9.17, 15) is 0 Å². The number of pyridine rings is 1. The Labute approximate surface area is 147 Å². The predicted octanol–water partition coefficient (Wildman–Crippen LogP) is 2.97. The third-order valence-electron chi connectivity index (χ3n) is 3.43. The van der Waals surface area contributed by atoms with Gasteiger partial charge in [0.15, 0.2) is 16.8 Å². The van der Waals surface area contributed by atoms with Crippen molar-refractivity contribution < 1.29 is 8.94 Å². The molecule has 0 aromatic carbocycles. The van der Waals surface area contributed by atoms with E-state index >= 15 is 0 Å². The fourth-order valence-corrected chi connectivity index (χ4v) is 3.11. The van der Waals surface area contributed by atoms with Crippen LogP contribution in [0.3, 0.4) is 0 Å². The first-order valence-electron chi connectivity index (χ1n) is 7.57. The van der Waals surface area contributed by atoms with Crippen LogP contribution in [0.5, 0.6) is 0 Å². The molecule has 4 heterocycles. The van der Waals surface area contributed by atoms with Gasteiger partial charge in [-0.25, -0.2) is 0 Å². The highest BCUT2D eigenvalue weighted by molar-refractivity contribution is 7.98. The summed E-state index contributed by atoms with van der Waals surface area (Å²) in [6, 6.07) is 7.60. The molecule has 0 aliphatic heterocycles. The van der Waals surface area contributed by atoms with Gasteiger partial charge in [0.2, 0.25) is 5.89 Å². The number of aryl methyl sites for hydroxylation is 1. The van der Waals surface area contributed by atoms with E-state index in [1.165, 1.54) is 11.8 Å². The molecule has 4 rings (SSSR count). The van der Waals surface area contributed by atoms with Gasteiger partial charge in [-0.1, -0.05) is 16.9 Å². The zero-order valence-electron chi connectivity index (χ0n) is 13.4. The Hall–Kier alpha value is -2.94. The second-order valence-electron chi connectivity index (χ2n) is 5.24. The molecule has 0 spiro atoms. The van der Waals surface area contributed by atoms with Crippen molar-refractivity contribution >= 4 is 11.8 Å². The Kier molecular flexibility index (Phi) is 4.30. The molecule has 8 nitrogen and oxygen atoms in total. The molecule has 0 aliphatic rings. The second-order valence-corrected chi connectivity index (χ2v) is 6.18. The first-order chi connectivity index (χ1) is 12.3. The zero-order valence-corrected chi connectivity index (χ0v) is 14.2. The van der Waals surface area contributed by atoms with Gasteiger partial charge < -0.3 is 8.94 Å². The van der Waals surface area contributed by atoms with Gasteiger partial charge in [-0.05, 0) is 31.2 Å². The van der Waals surface area contributed by atoms with Crippen LogP contribution in [0.25, 0.3) is 11.4 Å².